The predicted molar refractivity (Wildman–Crippen MR) is 98.6 cm³/mol. The van der Waals surface area contributed by atoms with Crippen LogP contribution >= 0.6 is 23.4 Å². The largest absolute Gasteiger partial charge is 0.479 e. The third-order valence-corrected chi connectivity index (χ3v) is 4.08. The highest BCUT2D eigenvalue weighted by Gasteiger charge is 2.15. The van der Waals surface area contributed by atoms with Crippen LogP contribution in [0.25, 0.3) is 11.4 Å². The first-order chi connectivity index (χ1) is 12.5. The number of pyridine rings is 1. The first-order valence-corrected chi connectivity index (χ1v) is 8.99. The first-order valence-electron chi connectivity index (χ1n) is 7.39. The number of hydrogen-bond acceptors (Lipinski definition) is 8. The fourth-order valence-electron chi connectivity index (χ4n) is 2.18. The van der Waals surface area contributed by atoms with E-state index in [2.05, 4.69) is 30.2 Å². The Bertz CT molecular complexity index is 958. The van der Waals surface area contributed by atoms with E-state index in [4.69, 9.17) is 16.3 Å². The Kier molecular flexibility index (Phi) is 5.48. The van der Waals surface area contributed by atoms with Crippen molar-refractivity contribution in [3.05, 3.63) is 41.3 Å². The van der Waals surface area contributed by atoms with E-state index in [0.717, 1.165) is 5.03 Å². The quantitative estimate of drug-likeness (QED) is 0.516. The molecule has 0 bridgehead atoms. The lowest BCUT2D eigenvalue weighted by Gasteiger charge is -2.11. The summed E-state index contributed by atoms with van der Waals surface area (Å²) < 4.78 is 18.7. The van der Waals surface area contributed by atoms with Crippen LogP contribution in [0.1, 0.15) is 5.82 Å². The number of aromatic nitrogens is 5. The number of nitrogens with zero attached hydrogens (tertiary/aromatic N) is 5. The number of methoxy groups -OCH3 is 1. The molecule has 0 fully saturated rings. The average Bonchev–Trinajstić information content (AvgIpc) is 2.62. The maximum Gasteiger partial charge on any atom is 0.250 e. The summed E-state index contributed by atoms with van der Waals surface area (Å²) in [5.41, 5.74) is 1.37. The van der Waals surface area contributed by atoms with Gasteiger partial charge in [-0.25, -0.2) is 29.3 Å². The SMILES string of the molecule is COc1ncc(Nc2ncc(Cl)nc2-c2cc(SC)nc(C)n2)cc1F. The standard InChI is InChI=1S/C16H14ClFN6OS/c1-8-21-11(5-13(22-8)26-3)14-15(19-7-12(17)24-14)23-9-4-10(18)16(25-2)20-6-9/h4-7H,1-3H3,(H,19,23). The highest BCUT2D eigenvalue weighted by atomic mass is 35.5. The molecule has 3 rings (SSSR count). The van der Waals surface area contributed by atoms with Crippen molar-refractivity contribution < 1.29 is 9.13 Å². The first kappa shape index (κ1) is 18.3. The number of thioether (sulfide) groups is 1. The van der Waals surface area contributed by atoms with E-state index in [-0.39, 0.29) is 11.0 Å². The molecule has 0 aliphatic heterocycles. The Morgan fingerprint density at radius 3 is 2.65 bits per heavy atom. The van der Waals surface area contributed by atoms with Crippen LogP contribution in [0.3, 0.4) is 0 Å². The molecule has 0 saturated heterocycles. The van der Waals surface area contributed by atoms with E-state index >= 15 is 0 Å². The zero-order chi connectivity index (χ0) is 18.7. The third-order valence-electron chi connectivity index (χ3n) is 3.27. The van der Waals surface area contributed by atoms with Gasteiger partial charge in [0, 0.05) is 6.07 Å². The molecule has 0 unspecified atom stereocenters. The minimum Gasteiger partial charge on any atom is -0.479 e. The molecule has 0 aliphatic rings. The number of anilines is 2. The highest BCUT2D eigenvalue weighted by Crippen LogP contribution is 2.29. The second-order valence-corrected chi connectivity index (χ2v) is 6.29. The maximum atomic E-state index is 13.9. The summed E-state index contributed by atoms with van der Waals surface area (Å²) in [6.45, 7) is 1.79. The lowest BCUT2D eigenvalue weighted by molar-refractivity contribution is 0.369. The number of rotatable bonds is 5. The molecule has 1 N–H and O–H groups in total. The predicted octanol–water partition coefficient (Wildman–Crippen LogP) is 3.90. The summed E-state index contributed by atoms with van der Waals surface area (Å²) in [4.78, 5) is 21.2. The minimum absolute atomic E-state index is 0.0889. The van der Waals surface area contributed by atoms with Gasteiger partial charge >= 0.3 is 0 Å². The van der Waals surface area contributed by atoms with E-state index < -0.39 is 5.82 Å². The van der Waals surface area contributed by atoms with Gasteiger partial charge in [0.2, 0.25) is 5.88 Å². The van der Waals surface area contributed by atoms with Crippen molar-refractivity contribution in [3.63, 3.8) is 0 Å². The normalized spacial score (nSPS) is 10.7. The van der Waals surface area contributed by atoms with Crippen LogP contribution in [0.2, 0.25) is 5.15 Å². The molecule has 0 aromatic carbocycles. The third kappa shape index (κ3) is 4.00. The van der Waals surface area contributed by atoms with Crippen molar-refractivity contribution in [2.45, 2.75) is 11.9 Å². The zero-order valence-electron chi connectivity index (χ0n) is 14.1. The van der Waals surface area contributed by atoms with Crippen molar-refractivity contribution in [1.29, 1.82) is 0 Å². The molecule has 3 aromatic rings. The molecule has 0 amide bonds. The summed E-state index contributed by atoms with van der Waals surface area (Å²) in [6.07, 6.45) is 4.74. The van der Waals surface area contributed by atoms with Crippen molar-refractivity contribution >= 4 is 34.9 Å². The molecule has 0 radical (unpaired) electrons. The number of aryl methyl sites for hydroxylation is 1. The lowest BCUT2D eigenvalue weighted by Crippen LogP contribution is -2.03. The average molecular weight is 393 g/mol. The Morgan fingerprint density at radius 1 is 1.15 bits per heavy atom. The van der Waals surface area contributed by atoms with Gasteiger partial charge in [-0.05, 0) is 19.2 Å². The Hall–Kier alpha value is -2.52. The Labute approximate surface area is 158 Å². The van der Waals surface area contributed by atoms with Crippen molar-refractivity contribution in [1.82, 2.24) is 24.9 Å². The maximum absolute atomic E-state index is 13.9. The Balaban J connectivity index is 2.04. The molecular formula is C16H14ClFN6OS. The molecule has 0 aliphatic carbocycles. The lowest BCUT2D eigenvalue weighted by atomic mass is 10.2. The molecule has 7 nitrogen and oxygen atoms in total. The second kappa shape index (κ2) is 7.79. The van der Waals surface area contributed by atoms with Gasteiger partial charge in [-0.1, -0.05) is 11.6 Å². The molecule has 0 saturated carbocycles. The van der Waals surface area contributed by atoms with Crippen LogP contribution in [0.4, 0.5) is 15.9 Å². The fourth-order valence-corrected chi connectivity index (χ4v) is 2.77. The molecule has 0 spiro atoms. The number of halogens is 2. The fraction of sp³-hybridized carbons (Fsp3) is 0.188. The van der Waals surface area contributed by atoms with Gasteiger partial charge in [0.25, 0.3) is 0 Å². The van der Waals surface area contributed by atoms with Crippen LogP contribution < -0.4 is 10.1 Å². The van der Waals surface area contributed by atoms with Crippen molar-refractivity contribution in [3.8, 4) is 17.3 Å². The molecule has 10 heteroatoms. The van der Waals surface area contributed by atoms with Crippen LogP contribution in [-0.4, -0.2) is 38.3 Å². The summed E-state index contributed by atoms with van der Waals surface area (Å²) in [6, 6.07) is 3.04. The van der Waals surface area contributed by atoms with Crippen LogP contribution in [0.15, 0.2) is 29.6 Å². The molecule has 26 heavy (non-hydrogen) atoms. The minimum atomic E-state index is -0.594. The van der Waals surface area contributed by atoms with E-state index in [1.54, 1.807) is 13.0 Å². The smallest absolute Gasteiger partial charge is 0.250 e. The molecule has 134 valence electrons. The Morgan fingerprint density at radius 2 is 1.96 bits per heavy atom. The van der Waals surface area contributed by atoms with Gasteiger partial charge in [-0.2, -0.15) is 0 Å². The van der Waals surface area contributed by atoms with Gasteiger partial charge in [-0.15, -0.1) is 11.8 Å². The monoisotopic (exact) mass is 392 g/mol. The summed E-state index contributed by atoms with van der Waals surface area (Å²) >= 11 is 7.49. The number of nitrogens with one attached hydrogen (secondary N) is 1. The van der Waals surface area contributed by atoms with E-state index in [0.29, 0.717) is 28.7 Å². The highest BCUT2D eigenvalue weighted by molar-refractivity contribution is 7.98. The zero-order valence-corrected chi connectivity index (χ0v) is 15.7. The van der Waals surface area contributed by atoms with Gasteiger partial charge in [-0.3, -0.25) is 0 Å². The van der Waals surface area contributed by atoms with E-state index in [1.807, 2.05) is 6.26 Å². The second-order valence-electron chi connectivity index (χ2n) is 5.07. The van der Waals surface area contributed by atoms with Crippen molar-refractivity contribution in [2.24, 2.45) is 0 Å². The molecule has 3 heterocycles. The van der Waals surface area contributed by atoms with Crippen molar-refractivity contribution in [2.75, 3.05) is 18.7 Å². The van der Waals surface area contributed by atoms with Gasteiger partial charge in [0.05, 0.1) is 30.9 Å². The summed E-state index contributed by atoms with van der Waals surface area (Å²) in [5.74, 6) is 0.278. The van der Waals surface area contributed by atoms with Crippen LogP contribution in [0.5, 0.6) is 5.88 Å². The van der Waals surface area contributed by atoms with Gasteiger partial charge < -0.3 is 10.1 Å². The molecular weight excluding hydrogens is 379 g/mol. The summed E-state index contributed by atoms with van der Waals surface area (Å²) in [5, 5.41) is 3.99. The van der Waals surface area contributed by atoms with Crippen LogP contribution in [0, 0.1) is 12.7 Å². The topological polar surface area (TPSA) is 85.7 Å². The van der Waals surface area contributed by atoms with E-state index in [9.17, 15) is 4.39 Å². The van der Waals surface area contributed by atoms with Gasteiger partial charge in [0.15, 0.2) is 11.6 Å². The number of ether oxygens (including phenoxy) is 1. The number of hydrogen-bond donors (Lipinski definition) is 1. The van der Waals surface area contributed by atoms with Crippen LogP contribution in [-0.2, 0) is 0 Å². The van der Waals surface area contributed by atoms with E-state index in [1.165, 1.54) is 37.3 Å². The molecule has 3 aromatic heterocycles. The van der Waals surface area contributed by atoms with Gasteiger partial charge in [0.1, 0.15) is 21.7 Å². The molecule has 0 atom stereocenters. The summed E-state index contributed by atoms with van der Waals surface area (Å²) in [7, 11) is 1.35.